The molecule has 35 heavy (non-hydrogen) atoms. The average molecular weight is 475 g/mol. The molecule has 0 fully saturated rings. The molecule has 3 N–H and O–H groups in total. The number of carbonyl (C=O) groups is 2. The van der Waals surface area contributed by atoms with Gasteiger partial charge in [-0.05, 0) is 86.8 Å². The van der Waals surface area contributed by atoms with E-state index in [4.69, 9.17) is 4.74 Å². The molecule has 0 radical (unpaired) electrons. The van der Waals surface area contributed by atoms with E-state index in [1.54, 1.807) is 25.3 Å². The monoisotopic (exact) mass is 474 g/mol. The Morgan fingerprint density at radius 3 is 2.43 bits per heavy atom. The molecule has 0 aliphatic carbocycles. The summed E-state index contributed by atoms with van der Waals surface area (Å²) in [5.74, 6) is 1.17. The second kappa shape index (κ2) is 12.7. The molecule has 0 aliphatic heterocycles. The molecule has 0 saturated carbocycles. The summed E-state index contributed by atoms with van der Waals surface area (Å²) >= 11 is 0. The highest BCUT2D eigenvalue weighted by molar-refractivity contribution is 5.94. The highest BCUT2D eigenvalue weighted by Gasteiger charge is 2.10. The van der Waals surface area contributed by atoms with Gasteiger partial charge < -0.3 is 20.7 Å². The van der Waals surface area contributed by atoms with Crippen molar-refractivity contribution in [2.45, 2.75) is 46.6 Å². The number of nitrogens with one attached hydrogen (secondary N) is 3. The number of aryl methyl sites for hydroxylation is 3. The fourth-order valence-corrected chi connectivity index (χ4v) is 3.62. The molecule has 3 aromatic rings. The maximum Gasteiger partial charge on any atom is 0.319 e. The molecule has 0 atom stereocenters. The molecular formula is C28H34N4O3. The maximum absolute atomic E-state index is 12.6. The van der Waals surface area contributed by atoms with Crippen molar-refractivity contribution in [2.75, 3.05) is 18.9 Å². The highest BCUT2D eigenvalue weighted by atomic mass is 16.5. The molecule has 7 heteroatoms. The van der Waals surface area contributed by atoms with Crippen LogP contribution < -0.4 is 20.7 Å². The van der Waals surface area contributed by atoms with Crippen LogP contribution in [0.5, 0.6) is 11.5 Å². The number of anilines is 1. The van der Waals surface area contributed by atoms with E-state index >= 15 is 0 Å². The van der Waals surface area contributed by atoms with Gasteiger partial charge in [0.05, 0.1) is 0 Å². The Labute approximate surface area is 207 Å². The van der Waals surface area contributed by atoms with E-state index in [2.05, 4.69) is 33.9 Å². The van der Waals surface area contributed by atoms with Crippen LogP contribution in [0, 0.1) is 13.8 Å². The summed E-state index contributed by atoms with van der Waals surface area (Å²) in [7, 11) is 1.94. The number of Topliss-reactive ketones (excluding diaryl/α,β-unsaturated/α-hetero) is 1. The van der Waals surface area contributed by atoms with Crippen LogP contribution in [-0.2, 0) is 13.0 Å². The Morgan fingerprint density at radius 2 is 1.71 bits per heavy atom. The predicted octanol–water partition coefficient (Wildman–Crippen LogP) is 5.56. The van der Waals surface area contributed by atoms with Gasteiger partial charge in [-0.3, -0.25) is 9.78 Å². The summed E-state index contributed by atoms with van der Waals surface area (Å²) < 4.78 is 5.85. The Balaban J connectivity index is 1.56. The van der Waals surface area contributed by atoms with Crippen LogP contribution in [0.1, 0.15) is 52.5 Å². The SMILES string of the molecule is CCC(=O)c1cc(Oc2ccc(CNC(=O)Nc3cc(C)c(C)cc3CCCNC)cc2)ccn1. The van der Waals surface area contributed by atoms with Crippen molar-refractivity contribution in [3.63, 3.8) is 0 Å². The third-order valence-corrected chi connectivity index (χ3v) is 5.79. The van der Waals surface area contributed by atoms with Gasteiger partial charge in [0.2, 0.25) is 0 Å². The minimum atomic E-state index is -0.242. The lowest BCUT2D eigenvalue weighted by Crippen LogP contribution is -2.28. The lowest BCUT2D eigenvalue weighted by molar-refractivity contribution is 0.0983. The van der Waals surface area contributed by atoms with Gasteiger partial charge in [-0.25, -0.2) is 4.79 Å². The zero-order valence-corrected chi connectivity index (χ0v) is 20.9. The molecule has 2 amide bonds. The van der Waals surface area contributed by atoms with E-state index in [-0.39, 0.29) is 11.8 Å². The second-order valence-corrected chi connectivity index (χ2v) is 8.51. The number of hydrogen-bond acceptors (Lipinski definition) is 5. The first kappa shape index (κ1) is 25.9. The van der Waals surface area contributed by atoms with Gasteiger partial charge in [0.15, 0.2) is 5.78 Å². The third-order valence-electron chi connectivity index (χ3n) is 5.79. The van der Waals surface area contributed by atoms with Crippen molar-refractivity contribution in [3.8, 4) is 11.5 Å². The predicted molar refractivity (Wildman–Crippen MR) is 139 cm³/mol. The van der Waals surface area contributed by atoms with Crippen LogP contribution in [0.3, 0.4) is 0 Å². The molecule has 1 aromatic heterocycles. The summed E-state index contributed by atoms with van der Waals surface area (Å²) in [6.45, 7) is 7.25. The van der Waals surface area contributed by atoms with Crippen LogP contribution >= 0.6 is 0 Å². The number of ether oxygens (including phenoxy) is 1. The largest absolute Gasteiger partial charge is 0.457 e. The van der Waals surface area contributed by atoms with E-state index in [9.17, 15) is 9.59 Å². The van der Waals surface area contributed by atoms with Gasteiger partial charge >= 0.3 is 6.03 Å². The Kier molecular flexibility index (Phi) is 9.38. The van der Waals surface area contributed by atoms with Crippen molar-refractivity contribution < 1.29 is 14.3 Å². The van der Waals surface area contributed by atoms with Gasteiger partial charge in [-0.2, -0.15) is 0 Å². The number of rotatable bonds is 11. The summed E-state index contributed by atoms with van der Waals surface area (Å²) in [6, 6.07) is 14.8. The first-order valence-electron chi connectivity index (χ1n) is 11.9. The molecule has 3 rings (SSSR count). The number of pyridine rings is 1. The van der Waals surface area contributed by atoms with Crippen molar-refractivity contribution in [3.05, 3.63) is 82.7 Å². The van der Waals surface area contributed by atoms with E-state index < -0.39 is 0 Å². The lowest BCUT2D eigenvalue weighted by atomic mass is 10.0. The number of carbonyl (C=O) groups excluding carboxylic acids is 2. The maximum atomic E-state index is 12.6. The lowest BCUT2D eigenvalue weighted by Gasteiger charge is -2.15. The number of aromatic nitrogens is 1. The highest BCUT2D eigenvalue weighted by Crippen LogP contribution is 2.24. The minimum Gasteiger partial charge on any atom is -0.457 e. The van der Waals surface area contributed by atoms with Crippen LogP contribution in [0.2, 0.25) is 0 Å². The molecule has 0 saturated heterocycles. The van der Waals surface area contributed by atoms with Crippen molar-refractivity contribution >= 4 is 17.5 Å². The second-order valence-electron chi connectivity index (χ2n) is 8.51. The van der Waals surface area contributed by atoms with Gasteiger partial charge in [-0.15, -0.1) is 0 Å². The zero-order valence-electron chi connectivity index (χ0n) is 20.9. The number of benzene rings is 2. The zero-order chi connectivity index (χ0) is 25.2. The first-order chi connectivity index (χ1) is 16.9. The minimum absolute atomic E-state index is 0.0268. The average Bonchev–Trinajstić information content (AvgIpc) is 2.86. The molecule has 0 aliphatic rings. The number of urea groups is 1. The Morgan fingerprint density at radius 1 is 0.971 bits per heavy atom. The summed E-state index contributed by atoms with van der Waals surface area (Å²) in [6.07, 6.45) is 3.85. The van der Waals surface area contributed by atoms with Gasteiger partial charge in [0, 0.05) is 30.9 Å². The molecular weight excluding hydrogens is 440 g/mol. The molecule has 184 valence electrons. The molecule has 7 nitrogen and oxygen atoms in total. The summed E-state index contributed by atoms with van der Waals surface area (Å²) in [5.41, 5.74) is 5.69. The van der Waals surface area contributed by atoms with Crippen LogP contribution in [-0.4, -0.2) is 30.4 Å². The molecule has 0 bridgehead atoms. The fourth-order valence-electron chi connectivity index (χ4n) is 3.62. The Hall–Kier alpha value is -3.71. The van der Waals surface area contributed by atoms with E-state index in [0.29, 0.717) is 30.2 Å². The smallest absolute Gasteiger partial charge is 0.319 e. The normalized spacial score (nSPS) is 10.6. The van der Waals surface area contributed by atoms with E-state index in [1.807, 2.05) is 44.3 Å². The topological polar surface area (TPSA) is 92.3 Å². The van der Waals surface area contributed by atoms with Crippen molar-refractivity contribution in [1.29, 1.82) is 0 Å². The van der Waals surface area contributed by atoms with Crippen LogP contribution in [0.15, 0.2) is 54.7 Å². The summed E-state index contributed by atoms with van der Waals surface area (Å²) in [5, 5.41) is 9.10. The third kappa shape index (κ3) is 7.65. The number of amides is 2. The number of nitrogens with zero attached hydrogens (tertiary/aromatic N) is 1. The van der Waals surface area contributed by atoms with Crippen molar-refractivity contribution in [1.82, 2.24) is 15.6 Å². The molecule has 0 spiro atoms. The summed E-state index contributed by atoms with van der Waals surface area (Å²) in [4.78, 5) is 28.5. The van der Waals surface area contributed by atoms with Gasteiger partial charge in [0.1, 0.15) is 17.2 Å². The first-order valence-corrected chi connectivity index (χ1v) is 11.9. The molecule has 0 unspecified atom stereocenters. The molecule has 2 aromatic carbocycles. The number of ketones is 1. The number of hydrogen-bond donors (Lipinski definition) is 3. The Bertz CT molecular complexity index is 1160. The van der Waals surface area contributed by atoms with Crippen LogP contribution in [0.25, 0.3) is 0 Å². The van der Waals surface area contributed by atoms with Gasteiger partial charge in [-0.1, -0.05) is 25.1 Å². The van der Waals surface area contributed by atoms with E-state index in [0.717, 1.165) is 41.8 Å². The standard InChI is InChI=1S/C28H34N4O3/c1-5-27(33)26-17-24(12-14-30-26)35-23-10-8-21(9-11-23)18-31-28(34)32-25-16-20(3)19(2)15-22(25)7-6-13-29-4/h8-12,14-17,29H,5-7,13,18H2,1-4H3,(H2,31,32,34). The van der Waals surface area contributed by atoms with E-state index in [1.165, 1.54) is 5.56 Å². The van der Waals surface area contributed by atoms with Gasteiger partial charge in [0.25, 0.3) is 0 Å². The van der Waals surface area contributed by atoms with Crippen molar-refractivity contribution in [2.24, 2.45) is 0 Å². The molecule has 1 heterocycles. The van der Waals surface area contributed by atoms with Crippen LogP contribution in [0.4, 0.5) is 10.5 Å². The fraction of sp³-hybridized carbons (Fsp3) is 0.321. The quantitative estimate of drug-likeness (QED) is 0.250.